The molecule has 0 aromatic heterocycles. The Morgan fingerprint density at radius 1 is 0.800 bits per heavy atom. The molecule has 20 heavy (non-hydrogen) atoms. The summed E-state index contributed by atoms with van der Waals surface area (Å²) in [4.78, 5) is 0. The van der Waals surface area contributed by atoms with Crippen LogP contribution in [0.2, 0.25) is 11.6 Å². The van der Waals surface area contributed by atoms with E-state index >= 15 is 0 Å². The molecule has 3 heteroatoms. The third-order valence-corrected chi connectivity index (χ3v) is 10.0. The van der Waals surface area contributed by atoms with Gasteiger partial charge in [0.2, 0.25) is 0 Å². The van der Waals surface area contributed by atoms with Crippen LogP contribution in [0.15, 0.2) is 0 Å². The van der Waals surface area contributed by atoms with Gasteiger partial charge in [0.25, 0.3) is 0 Å². The fourth-order valence-electron chi connectivity index (χ4n) is 4.47. The van der Waals surface area contributed by atoms with E-state index in [1.54, 1.807) is 0 Å². The van der Waals surface area contributed by atoms with Crippen LogP contribution < -0.4 is 0 Å². The zero-order valence-electron chi connectivity index (χ0n) is 13.7. The average molecular weight is 299 g/mol. The molecule has 0 aromatic carbocycles. The molecule has 2 aliphatic carbocycles. The van der Waals surface area contributed by atoms with Crippen molar-refractivity contribution in [2.45, 2.75) is 88.6 Å². The fraction of sp³-hybridized carbons (Fsp3) is 1.00. The highest BCUT2D eigenvalue weighted by molar-refractivity contribution is 6.69. The summed E-state index contributed by atoms with van der Waals surface area (Å²) in [7, 11) is 1.90. The largest absolute Gasteiger partial charge is 0.397 e. The van der Waals surface area contributed by atoms with Crippen molar-refractivity contribution in [3.05, 3.63) is 0 Å². The monoisotopic (exact) mass is 298 g/mol. The standard InChI is InChI=1S/C17H34O2Si/c1-18-20(19-2,17-13-7-8-14-17)15-9-3-4-10-16-11-5-6-12-16/h16-17H,3-15H2,1-2H3. The van der Waals surface area contributed by atoms with Crippen molar-refractivity contribution in [1.29, 1.82) is 0 Å². The maximum atomic E-state index is 5.97. The zero-order chi connectivity index (χ0) is 14.3. The molecule has 0 aromatic rings. The van der Waals surface area contributed by atoms with Crippen molar-refractivity contribution in [3.63, 3.8) is 0 Å². The van der Waals surface area contributed by atoms with Gasteiger partial charge in [-0.3, -0.25) is 0 Å². The van der Waals surface area contributed by atoms with Gasteiger partial charge in [-0.15, -0.1) is 0 Å². The zero-order valence-corrected chi connectivity index (χ0v) is 14.7. The van der Waals surface area contributed by atoms with Crippen LogP contribution >= 0.6 is 0 Å². The SMILES string of the molecule is CO[Si](CCCCCC1CCCC1)(OC)C1CCCC1. The van der Waals surface area contributed by atoms with Crippen molar-refractivity contribution >= 4 is 8.56 Å². The summed E-state index contributed by atoms with van der Waals surface area (Å²) >= 11 is 0. The Labute approximate surface area is 126 Å². The van der Waals surface area contributed by atoms with Gasteiger partial charge in [-0.1, -0.05) is 64.2 Å². The number of unbranched alkanes of at least 4 members (excludes halogenated alkanes) is 2. The van der Waals surface area contributed by atoms with Crippen molar-refractivity contribution in [2.75, 3.05) is 14.2 Å². The molecular weight excluding hydrogens is 264 g/mol. The predicted octanol–water partition coefficient (Wildman–Crippen LogP) is 5.42. The summed E-state index contributed by atoms with van der Waals surface area (Å²) in [5.74, 6) is 1.05. The molecular formula is C17H34O2Si. The first-order valence-corrected chi connectivity index (χ1v) is 11.0. The molecule has 0 unspecified atom stereocenters. The van der Waals surface area contributed by atoms with Gasteiger partial charge in [0.1, 0.15) is 0 Å². The molecule has 0 atom stereocenters. The van der Waals surface area contributed by atoms with E-state index in [0.717, 1.165) is 11.5 Å². The summed E-state index contributed by atoms with van der Waals surface area (Å²) in [6.07, 6.45) is 17.0. The summed E-state index contributed by atoms with van der Waals surface area (Å²) in [5, 5.41) is 0. The molecule has 0 saturated heterocycles. The van der Waals surface area contributed by atoms with Gasteiger partial charge in [0.05, 0.1) is 0 Å². The summed E-state index contributed by atoms with van der Waals surface area (Å²) in [6.45, 7) is 0. The van der Waals surface area contributed by atoms with E-state index in [4.69, 9.17) is 8.85 Å². The quantitative estimate of drug-likeness (QED) is 0.418. The van der Waals surface area contributed by atoms with Crippen LogP contribution in [0, 0.1) is 5.92 Å². The maximum absolute atomic E-state index is 5.97. The fourth-order valence-corrected chi connectivity index (χ4v) is 8.15. The lowest BCUT2D eigenvalue weighted by Crippen LogP contribution is -2.44. The van der Waals surface area contributed by atoms with E-state index in [2.05, 4.69) is 0 Å². The van der Waals surface area contributed by atoms with Crippen LogP contribution in [0.4, 0.5) is 0 Å². The first kappa shape index (κ1) is 16.5. The molecule has 0 heterocycles. The highest BCUT2D eigenvalue weighted by Gasteiger charge is 2.44. The topological polar surface area (TPSA) is 18.5 Å². The van der Waals surface area contributed by atoms with Gasteiger partial charge < -0.3 is 8.85 Å². The van der Waals surface area contributed by atoms with Gasteiger partial charge in [0.15, 0.2) is 0 Å². The minimum absolute atomic E-state index is 0.757. The molecule has 0 radical (unpaired) electrons. The molecule has 0 bridgehead atoms. The van der Waals surface area contributed by atoms with E-state index in [1.807, 2.05) is 14.2 Å². The Bertz CT molecular complexity index is 254. The smallest absolute Gasteiger partial charge is 0.340 e. The second kappa shape index (κ2) is 8.55. The molecule has 0 N–H and O–H groups in total. The second-order valence-electron chi connectivity index (χ2n) is 6.95. The van der Waals surface area contributed by atoms with Crippen LogP contribution in [0.1, 0.15) is 77.0 Å². The lowest BCUT2D eigenvalue weighted by molar-refractivity contribution is 0.226. The van der Waals surface area contributed by atoms with Gasteiger partial charge in [-0.2, -0.15) is 0 Å². The Balaban J connectivity index is 1.66. The molecule has 0 aliphatic heterocycles. The second-order valence-corrected chi connectivity index (χ2v) is 10.7. The Hall–Kier alpha value is 0.137. The van der Waals surface area contributed by atoms with Crippen LogP contribution in [-0.2, 0) is 8.85 Å². The molecule has 2 nitrogen and oxygen atoms in total. The third-order valence-electron chi connectivity index (χ3n) is 5.78. The molecule has 118 valence electrons. The molecule has 2 rings (SSSR count). The van der Waals surface area contributed by atoms with Crippen molar-refractivity contribution < 1.29 is 8.85 Å². The summed E-state index contributed by atoms with van der Waals surface area (Å²) in [5.41, 5.74) is 0.757. The van der Waals surface area contributed by atoms with Crippen LogP contribution in [-0.4, -0.2) is 22.8 Å². The highest BCUT2D eigenvalue weighted by Crippen LogP contribution is 2.42. The summed E-state index contributed by atoms with van der Waals surface area (Å²) in [6, 6.07) is 1.22. The van der Waals surface area contributed by atoms with Crippen molar-refractivity contribution in [1.82, 2.24) is 0 Å². The van der Waals surface area contributed by atoms with Crippen molar-refractivity contribution in [2.24, 2.45) is 5.92 Å². The van der Waals surface area contributed by atoms with E-state index in [-0.39, 0.29) is 0 Å². The van der Waals surface area contributed by atoms with Crippen LogP contribution in [0.25, 0.3) is 0 Å². The summed E-state index contributed by atoms with van der Waals surface area (Å²) < 4.78 is 11.9. The van der Waals surface area contributed by atoms with Crippen LogP contribution in [0.5, 0.6) is 0 Å². The Morgan fingerprint density at radius 2 is 1.40 bits per heavy atom. The molecule has 0 amide bonds. The van der Waals surface area contributed by atoms with E-state index < -0.39 is 8.56 Å². The maximum Gasteiger partial charge on any atom is 0.340 e. The average Bonchev–Trinajstić information content (AvgIpc) is 3.16. The predicted molar refractivity (Wildman–Crippen MR) is 87.2 cm³/mol. The Morgan fingerprint density at radius 3 is 2.00 bits per heavy atom. The van der Waals surface area contributed by atoms with Crippen LogP contribution in [0.3, 0.4) is 0 Å². The first-order chi connectivity index (χ1) is 9.80. The highest BCUT2D eigenvalue weighted by atomic mass is 28.4. The molecule has 2 fully saturated rings. The van der Waals surface area contributed by atoms with Gasteiger partial charge in [0, 0.05) is 19.8 Å². The number of rotatable bonds is 9. The third kappa shape index (κ3) is 4.31. The minimum Gasteiger partial charge on any atom is -0.397 e. The van der Waals surface area contributed by atoms with Gasteiger partial charge in [-0.05, 0) is 24.8 Å². The lowest BCUT2D eigenvalue weighted by atomic mass is 10.0. The number of hydrogen-bond donors (Lipinski definition) is 0. The van der Waals surface area contributed by atoms with E-state index in [1.165, 1.54) is 83.1 Å². The van der Waals surface area contributed by atoms with Gasteiger partial charge in [-0.25, -0.2) is 0 Å². The first-order valence-electron chi connectivity index (χ1n) is 8.91. The molecule has 2 aliphatic rings. The van der Waals surface area contributed by atoms with Gasteiger partial charge >= 0.3 is 8.56 Å². The van der Waals surface area contributed by atoms with E-state index in [9.17, 15) is 0 Å². The number of hydrogen-bond acceptors (Lipinski definition) is 2. The van der Waals surface area contributed by atoms with E-state index in [0.29, 0.717) is 0 Å². The molecule has 0 spiro atoms. The molecule has 2 saturated carbocycles. The normalized spacial score (nSPS) is 21.9. The Kier molecular flexibility index (Phi) is 7.06. The lowest BCUT2D eigenvalue weighted by Gasteiger charge is -2.33. The minimum atomic E-state index is -1.89. The van der Waals surface area contributed by atoms with Crippen molar-refractivity contribution in [3.8, 4) is 0 Å².